The molecule has 0 amide bonds. The normalized spacial score (nSPS) is 23.8. The van der Waals surface area contributed by atoms with Crippen LogP contribution in [0.25, 0.3) is 0 Å². The third kappa shape index (κ3) is 4.48. The van der Waals surface area contributed by atoms with Crippen LogP contribution in [-0.2, 0) is 15.9 Å². The molecule has 1 aromatic heterocycles. The van der Waals surface area contributed by atoms with Crippen molar-refractivity contribution in [1.29, 1.82) is 0 Å². The monoisotopic (exact) mass is 321 g/mol. The van der Waals surface area contributed by atoms with Crippen molar-refractivity contribution in [3.63, 3.8) is 0 Å². The van der Waals surface area contributed by atoms with E-state index in [4.69, 9.17) is 13.9 Å². The Kier molecular flexibility index (Phi) is 5.23. The number of furan rings is 1. The van der Waals surface area contributed by atoms with Gasteiger partial charge in [0.05, 0.1) is 19.5 Å². The summed E-state index contributed by atoms with van der Waals surface area (Å²) in [5.74, 6) is 1.46. The molecule has 2 heterocycles. The molecule has 23 heavy (non-hydrogen) atoms. The van der Waals surface area contributed by atoms with E-state index in [1.54, 1.807) is 6.26 Å². The summed E-state index contributed by atoms with van der Waals surface area (Å²) in [7, 11) is 0. The molecule has 3 rings (SSSR count). The molecule has 128 valence electrons. The molecule has 1 spiro atoms. The predicted molar refractivity (Wildman–Crippen MR) is 88.4 cm³/mol. The van der Waals surface area contributed by atoms with Crippen LogP contribution in [-0.4, -0.2) is 43.6 Å². The maximum atomic E-state index is 5.79. The quantitative estimate of drug-likeness (QED) is 0.642. The van der Waals surface area contributed by atoms with Gasteiger partial charge in [-0.15, -0.1) is 0 Å². The van der Waals surface area contributed by atoms with Crippen LogP contribution in [0.3, 0.4) is 0 Å². The number of hydrogen-bond acceptors (Lipinski definition) is 4. The molecular weight excluding hydrogens is 294 g/mol. The van der Waals surface area contributed by atoms with Crippen LogP contribution in [0.2, 0.25) is 0 Å². The lowest BCUT2D eigenvalue weighted by atomic mass is 10.2. The highest BCUT2D eigenvalue weighted by Gasteiger charge is 2.44. The summed E-state index contributed by atoms with van der Waals surface area (Å²) >= 11 is 0. The molecule has 6 nitrogen and oxygen atoms in total. The summed E-state index contributed by atoms with van der Waals surface area (Å²) in [5.41, 5.74) is 0. The van der Waals surface area contributed by atoms with E-state index in [1.165, 1.54) is 0 Å². The van der Waals surface area contributed by atoms with Crippen LogP contribution < -0.4 is 10.6 Å². The van der Waals surface area contributed by atoms with Crippen LogP contribution in [0.15, 0.2) is 27.8 Å². The highest BCUT2D eigenvalue weighted by Crippen LogP contribution is 2.37. The van der Waals surface area contributed by atoms with Gasteiger partial charge in [-0.25, -0.2) is 0 Å². The van der Waals surface area contributed by atoms with Gasteiger partial charge in [0.1, 0.15) is 5.76 Å². The van der Waals surface area contributed by atoms with Crippen molar-refractivity contribution < 1.29 is 13.9 Å². The largest absolute Gasteiger partial charge is 0.469 e. The highest BCUT2D eigenvalue weighted by atomic mass is 16.7. The minimum atomic E-state index is -0.352. The van der Waals surface area contributed by atoms with Crippen molar-refractivity contribution in [3.05, 3.63) is 24.2 Å². The van der Waals surface area contributed by atoms with Crippen molar-refractivity contribution in [2.24, 2.45) is 4.99 Å². The van der Waals surface area contributed by atoms with Crippen molar-refractivity contribution in [2.75, 3.05) is 19.8 Å². The van der Waals surface area contributed by atoms with Gasteiger partial charge < -0.3 is 24.5 Å². The minimum absolute atomic E-state index is 0.333. The molecule has 1 atom stereocenters. The van der Waals surface area contributed by atoms with Gasteiger partial charge in [-0.1, -0.05) is 0 Å². The molecule has 2 fully saturated rings. The number of aliphatic imine (C=N–C) groups is 1. The molecule has 1 unspecified atom stereocenters. The molecule has 0 radical (unpaired) electrons. The topological polar surface area (TPSA) is 68.0 Å². The molecular formula is C17H27N3O3. The summed E-state index contributed by atoms with van der Waals surface area (Å²) < 4.78 is 16.9. The second-order valence-electron chi connectivity index (χ2n) is 6.55. The van der Waals surface area contributed by atoms with Crippen LogP contribution in [0.1, 0.15) is 38.9 Å². The summed E-state index contributed by atoms with van der Waals surface area (Å²) in [6, 6.07) is 4.55. The number of guanidine groups is 1. The number of nitrogens with one attached hydrogen (secondary N) is 2. The number of rotatable bonds is 5. The molecule has 2 N–H and O–H groups in total. The van der Waals surface area contributed by atoms with Crippen molar-refractivity contribution in [2.45, 2.75) is 57.4 Å². The number of hydrogen-bond donors (Lipinski definition) is 2. The first-order valence-electron chi connectivity index (χ1n) is 8.53. The van der Waals surface area contributed by atoms with Gasteiger partial charge in [-0.05, 0) is 32.4 Å². The van der Waals surface area contributed by atoms with Gasteiger partial charge in [-0.3, -0.25) is 4.99 Å². The minimum Gasteiger partial charge on any atom is -0.469 e. The summed E-state index contributed by atoms with van der Waals surface area (Å²) in [4.78, 5) is 4.67. The first kappa shape index (κ1) is 16.3. The Morgan fingerprint density at radius 1 is 1.39 bits per heavy atom. The smallest absolute Gasteiger partial charge is 0.191 e. The van der Waals surface area contributed by atoms with Crippen LogP contribution >= 0.6 is 0 Å². The Labute approximate surface area is 137 Å². The van der Waals surface area contributed by atoms with E-state index in [9.17, 15) is 0 Å². The van der Waals surface area contributed by atoms with E-state index >= 15 is 0 Å². The molecule has 1 saturated carbocycles. The van der Waals surface area contributed by atoms with Gasteiger partial charge >= 0.3 is 0 Å². The third-order valence-corrected chi connectivity index (χ3v) is 4.22. The first-order valence-corrected chi connectivity index (χ1v) is 8.53. The standard InChI is InChI=1S/C17H27N3O3/c1-13(2)19-16(18-8-6-15-4-3-9-21-15)20-14-5-7-17(12-14)22-10-11-23-17/h3-4,9,13-14H,5-8,10-12H2,1-2H3,(H2,18,19,20). The zero-order chi connectivity index (χ0) is 16.1. The predicted octanol–water partition coefficient (Wildman–Crippen LogP) is 2.06. The summed E-state index contributed by atoms with van der Waals surface area (Å²) in [6.45, 7) is 6.34. The summed E-state index contributed by atoms with van der Waals surface area (Å²) in [6.07, 6.45) is 5.37. The van der Waals surface area contributed by atoms with Crippen molar-refractivity contribution in [3.8, 4) is 0 Å². The fourth-order valence-corrected chi connectivity index (χ4v) is 3.19. The average molecular weight is 321 g/mol. The molecule has 1 saturated heterocycles. The van der Waals surface area contributed by atoms with E-state index < -0.39 is 0 Å². The van der Waals surface area contributed by atoms with Gasteiger partial charge in [-0.2, -0.15) is 0 Å². The second-order valence-corrected chi connectivity index (χ2v) is 6.55. The SMILES string of the molecule is CC(C)NC(=NCCc1ccco1)NC1CCC2(C1)OCCO2. The Morgan fingerprint density at radius 2 is 2.22 bits per heavy atom. The molecule has 0 aromatic carbocycles. The Bertz CT molecular complexity index is 507. The average Bonchev–Trinajstić information content (AvgIpc) is 3.23. The zero-order valence-corrected chi connectivity index (χ0v) is 14.0. The Morgan fingerprint density at radius 3 is 2.91 bits per heavy atom. The maximum Gasteiger partial charge on any atom is 0.191 e. The van der Waals surface area contributed by atoms with Gasteiger partial charge in [0.15, 0.2) is 11.7 Å². The fraction of sp³-hybridized carbons (Fsp3) is 0.706. The van der Waals surface area contributed by atoms with Crippen LogP contribution in [0.4, 0.5) is 0 Å². The second kappa shape index (κ2) is 7.36. The lowest BCUT2D eigenvalue weighted by molar-refractivity contribution is -0.151. The lowest BCUT2D eigenvalue weighted by Gasteiger charge is -2.23. The van der Waals surface area contributed by atoms with Gasteiger partial charge in [0, 0.05) is 37.9 Å². The van der Waals surface area contributed by atoms with Gasteiger partial charge in [0.2, 0.25) is 0 Å². The lowest BCUT2D eigenvalue weighted by Crippen LogP contribution is -2.46. The molecule has 2 aliphatic rings. The number of nitrogens with zero attached hydrogens (tertiary/aromatic N) is 1. The zero-order valence-electron chi connectivity index (χ0n) is 14.0. The Balaban J connectivity index is 1.53. The molecule has 1 aromatic rings. The van der Waals surface area contributed by atoms with Gasteiger partial charge in [0.25, 0.3) is 0 Å². The van der Waals surface area contributed by atoms with E-state index in [1.807, 2.05) is 12.1 Å². The highest BCUT2D eigenvalue weighted by molar-refractivity contribution is 5.80. The van der Waals surface area contributed by atoms with Crippen molar-refractivity contribution in [1.82, 2.24) is 10.6 Å². The number of ether oxygens (including phenoxy) is 2. The summed E-state index contributed by atoms with van der Waals surface area (Å²) in [5, 5.41) is 6.92. The van der Waals surface area contributed by atoms with E-state index in [0.717, 1.165) is 37.4 Å². The van der Waals surface area contributed by atoms with E-state index in [2.05, 4.69) is 29.5 Å². The first-order chi connectivity index (χ1) is 11.2. The van der Waals surface area contributed by atoms with Crippen molar-refractivity contribution >= 4 is 5.96 Å². The third-order valence-electron chi connectivity index (χ3n) is 4.22. The molecule has 0 bridgehead atoms. The molecule has 1 aliphatic carbocycles. The fourth-order valence-electron chi connectivity index (χ4n) is 3.19. The molecule has 6 heteroatoms. The Hall–Kier alpha value is -1.53. The van der Waals surface area contributed by atoms with E-state index in [-0.39, 0.29) is 5.79 Å². The van der Waals surface area contributed by atoms with Crippen LogP contribution in [0, 0.1) is 0 Å². The van der Waals surface area contributed by atoms with E-state index in [0.29, 0.717) is 31.8 Å². The molecule has 1 aliphatic heterocycles. The van der Waals surface area contributed by atoms with Crippen LogP contribution in [0.5, 0.6) is 0 Å². The maximum absolute atomic E-state index is 5.79.